The van der Waals surface area contributed by atoms with Crippen LogP contribution in [-0.2, 0) is 4.79 Å². The summed E-state index contributed by atoms with van der Waals surface area (Å²) in [6.45, 7) is 0. The van der Waals surface area contributed by atoms with Crippen molar-refractivity contribution in [3.8, 4) is 5.75 Å². The molecule has 222 valence electrons. The number of carbonyl (C=O) groups is 3. The number of benzene rings is 1. The fraction of sp³-hybridized carbons (Fsp3) is 0.452. The maximum absolute atomic E-state index is 14.4. The molecule has 11 heteroatoms. The van der Waals surface area contributed by atoms with Gasteiger partial charge in [-0.3, -0.25) is 24.3 Å². The van der Waals surface area contributed by atoms with Gasteiger partial charge in [-0.25, -0.2) is 0 Å². The lowest BCUT2D eigenvalue weighted by atomic mass is 9.94. The molecule has 42 heavy (non-hydrogen) atoms. The molecule has 1 aromatic carbocycles. The Kier molecular flexibility index (Phi) is 9.68. The summed E-state index contributed by atoms with van der Waals surface area (Å²) in [4.78, 5) is 47.2. The number of ether oxygens (including phenoxy) is 1. The van der Waals surface area contributed by atoms with Gasteiger partial charge in [0.15, 0.2) is 5.69 Å². The number of methoxy groups -OCH3 is 1. The van der Waals surface area contributed by atoms with Crippen molar-refractivity contribution in [1.29, 1.82) is 0 Å². The number of nitrogens with two attached hydrogens (primary N) is 1. The Labute approximate surface area is 250 Å². The molecule has 0 radical (unpaired) electrons. The predicted molar refractivity (Wildman–Crippen MR) is 163 cm³/mol. The molecule has 0 saturated heterocycles. The number of rotatable bonds is 9. The van der Waals surface area contributed by atoms with Crippen molar-refractivity contribution >= 4 is 40.6 Å². The van der Waals surface area contributed by atoms with Gasteiger partial charge in [-0.2, -0.15) is 4.37 Å². The molecule has 10 nitrogen and oxygen atoms in total. The molecule has 2 saturated carbocycles. The quantitative estimate of drug-likeness (QED) is 0.318. The topological polar surface area (TPSA) is 140 Å². The minimum absolute atomic E-state index is 0.0120. The van der Waals surface area contributed by atoms with Crippen LogP contribution in [0.4, 0.5) is 11.4 Å². The molecular formula is C31H38N6O4S. The second kappa shape index (κ2) is 13.8. The van der Waals surface area contributed by atoms with Gasteiger partial charge in [0, 0.05) is 30.2 Å². The molecule has 3 aromatic rings. The molecular weight excluding hydrogens is 552 g/mol. The number of pyridine rings is 1. The van der Waals surface area contributed by atoms with Crippen LogP contribution in [0.3, 0.4) is 0 Å². The van der Waals surface area contributed by atoms with Crippen molar-refractivity contribution in [3.05, 3.63) is 64.9 Å². The first-order valence-corrected chi connectivity index (χ1v) is 15.5. The highest BCUT2D eigenvalue weighted by Crippen LogP contribution is 2.34. The Morgan fingerprint density at radius 1 is 0.905 bits per heavy atom. The lowest BCUT2D eigenvalue weighted by molar-refractivity contribution is -0.123. The summed E-state index contributed by atoms with van der Waals surface area (Å²) in [5.41, 5.74) is 7.57. The summed E-state index contributed by atoms with van der Waals surface area (Å²) in [6, 6.07) is 9.47. The molecule has 3 amide bonds. The molecule has 2 fully saturated rings. The van der Waals surface area contributed by atoms with E-state index in [2.05, 4.69) is 20.0 Å². The number of carbonyl (C=O) groups excluding carboxylic acids is 3. The van der Waals surface area contributed by atoms with Gasteiger partial charge < -0.3 is 21.1 Å². The van der Waals surface area contributed by atoms with Crippen molar-refractivity contribution in [2.75, 3.05) is 17.7 Å². The zero-order valence-corrected chi connectivity index (χ0v) is 24.7. The first-order valence-electron chi connectivity index (χ1n) is 14.7. The number of aromatic nitrogens is 2. The zero-order chi connectivity index (χ0) is 29.5. The number of nitrogens with zero attached hydrogens (tertiary/aromatic N) is 3. The van der Waals surface area contributed by atoms with E-state index in [4.69, 9.17) is 10.5 Å². The molecule has 2 heterocycles. The first kappa shape index (κ1) is 29.5. The Hall–Kier alpha value is -3.99. The van der Waals surface area contributed by atoms with Gasteiger partial charge in [-0.15, -0.1) is 0 Å². The van der Waals surface area contributed by atoms with Crippen LogP contribution in [0.5, 0.6) is 5.75 Å². The number of hydrogen-bond acceptors (Lipinski definition) is 8. The van der Waals surface area contributed by atoms with Gasteiger partial charge in [-0.1, -0.05) is 38.5 Å². The third kappa shape index (κ3) is 6.73. The first-order chi connectivity index (χ1) is 20.5. The monoisotopic (exact) mass is 590 g/mol. The standard InChI is InChI=1S/C31H38N6O4S/c1-41-24-14-12-23(13-15-24)37(27(20-16-18-33-19-17-20)30(39)35-22-10-6-3-7-11-22)31(40)28-25(32)26(36-42-28)29(38)34-21-8-4-2-5-9-21/h12-19,21-22,27H,2-11,32H2,1H3,(H,34,38)(H,35,39)/t27-/m0/s1. The minimum Gasteiger partial charge on any atom is -0.497 e. The summed E-state index contributed by atoms with van der Waals surface area (Å²) in [5, 5.41) is 6.22. The van der Waals surface area contributed by atoms with Gasteiger partial charge >= 0.3 is 0 Å². The molecule has 4 N–H and O–H groups in total. The van der Waals surface area contributed by atoms with Crippen LogP contribution < -0.4 is 26.0 Å². The average Bonchev–Trinajstić information content (AvgIpc) is 3.42. The molecule has 2 aliphatic rings. The number of amides is 3. The summed E-state index contributed by atoms with van der Waals surface area (Å²) in [6.07, 6.45) is 13.4. The van der Waals surface area contributed by atoms with Crippen LogP contribution in [0.1, 0.15) is 96.0 Å². The maximum atomic E-state index is 14.4. The van der Waals surface area contributed by atoms with Crippen molar-refractivity contribution in [1.82, 2.24) is 20.0 Å². The zero-order valence-electron chi connectivity index (χ0n) is 23.9. The van der Waals surface area contributed by atoms with Crippen LogP contribution in [0, 0.1) is 0 Å². The number of nitrogen functional groups attached to an aromatic ring is 1. The van der Waals surface area contributed by atoms with Crippen LogP contribution in [-0.4, -0.2) is 46.3 Å². The third-order valence-electron chi connectivity index (χ3n) is 8.13. The normalized spacial score (nSPS) is 16.8. The van der Waals surface area contributed by atoms with E-state index in [0.29, 0.717) is 17.0 Å². The highest BCUT2D eigenvalue weighted by atomic mass is 32.1. The van der Waals surface area contributed by atoms with Gasteiger partial charge in [0.05, 0.1) is 12.8 Å². The van der Waals surface area contributed by atoms with E-state index in [-0.39, 0.29) is 40.2 Å². The van der Waals surface area contributed by atoms with Crippen LogP contribution in [0.15, 0.2) is 48.8 Å². The van der Waals surface area contributed by atoms with Crippen molar-refractivity contribution in [3.63, 3.8) is 0 Å². The van der Waals surface area contributed by atoms with E-state index in [0.717, 1.165) is 75.7 Å². The minimum atomic E-state index is -1.02. The number of nitrogens with one attached hydrogen (secondary N) is 2. The lowest BCUT2D eigenvalue weighted by Crippen LogP contribution is -2.47. The molecule has 0 spiro atoms. The Morgan fingerprint density at radius 2 is 1.50 bits per heavy atom. The van der Waals surface area contributed by atoms with Gasteiger partial charge in [0.1, 0.15) is 16.7 Å². The summed E-state index contributed by atoms with van der Waals surface area (Å²) in [5.74, 6) is -0.591. The number of anilines is 2. The van der Waals surface area contributed by atoms with E-state index in [9.17, 15) is 14.4 Å². The second-order valence-electron chi connectivity index (χ2n) is 11.0. The van der Waals surface area contributed by atoms with Crippen LogP contribution >= 0.6 is 11.5 Å². The molecule has 2 aromatic heterocycles. The highest BCUT2D eigenvalue weighted by molar-refractivity contribution is 7.09. The van der Waals surface area contributed by atoms with Crippen LogP contribution in [0.2, 0.25) is 0 Å². The summed E-state index contributed by atoms with van der Waals surface area (Å²) < 4.78 is 9.64. The average molecular weight is 591 g/mol. The SMILES string of the molecule is COc1ccc(N(C(=O)c2snc(C(=O)NC3CCCCC3)c2N)[C@H](C(=O)NC2CCCCC2)c2ccncc2)cc1. The Bertz CT molecular complexity index is 1370. The lowest BCUT2D eigenvalue weighted by Gasteiger charge is -2.33. The molecule has 5 rings (SSSR count). The van der Waals surface area contributed by atoms with Gasteiger partial charge in [0.25, 0.3) is 11.8 Å². The molecule has 0 aliphatic heterocycles. The predicted octanol–water partition coefficient (Wildman–Crippen LogP) is 5.03. The Morgan fingerprint density at radius 3 is 2.10 bits per heavy atom. The van der Waals surface area contributed by atoms with Crippen molar-refractivity contribution in [2.24, 2.45) is 0 Å². The van der Waals surface area contributed by atoms with Gasteiger partial charge in [0.2, 0.25) is 5.91 Å². The van der Waals surface area contributed by atoms with E-state index >= 15 is 0 Å². The van der Waals surface area contributed by atoms with Crippen LogP contribution in [0.25, 0.3) is 0 Å². The molecule has 1 atom stereocenters. The van der Waals surface area contributed by atoms with Gasteiger partial charge in [-0.05, 0) is 79.2 Å². The molecule has 2 aliphatic carbocycles. The smallest absolute Gasteiger partial charge is 0.273 e. The van der Waals surface area contributed by atoms with E-state index in [1.807, 2.05) is 0 Å². The van der Waals surface area contributed by atoms with Crippen molar-refractivity contribution < 1.29 is 19.1 Å². The summed E-state index contributed by atoms with van der Waals surface area (Å²) in [7, 11) is 1.56. The summed E-state index contributed by atoms with van der Waals surface area (Å²) >= 11 is 0.869. The maximum Gasteiger partial charge on any atom is 0.273 e. The molecule has 0 unspecified atom stereocenters. The largest absolute Gasteiger partial charge is 0.497 e. The fourth-order valence-electron chi connectivity index (χ4n) is 5.84. The van der Waals surface area contributed by atoms with E-state index in [1.165, 1.54) is 4.90 Å². The highest BCUT2D eigenvalue weighted by Gasteiger charge is 2.37. The third-order valence-corrected chi connectivity index (χ3v) is 8.98. The number of hydrogen-bond donors (Lipinski definition) is 3. The van der Waals surface area contributed by atoms with E-state index in [1.54, 1.807) is 55.9 Å². The van der Waals surface area contributed by atoms with Crippen molar-refractivity contribution in [2.45, 2.75) is 82.3 Å². The fourth-order valence-corrected chi connectivity index (χ4v) is 6.58. The molecule has 0 bridgehead atoms. The Balaban J connectivity index is 1.51. The van der Waals surface area contributed by atoms with E-state index < -0.39 is 11.9 Å². The second-order valence-corrected chi connectivity index (χ2v) is 11.8.